The Morgan fingerprint density at radius 1 is 0.870 bits per heavy atom. The normalized spacial score (nSPS) is 34.5. The summed E-state index contributed by atoms with van der Waals surface area (Å²) in [5.74, 6) is -8.08. The van der Waals surface area contributed by atoms with E-state index in [1.165, 1.54) is 0 Å². The van der Waals surface area contributed by atoms with E-state index in [0.29, 0.717) is 0 Å². The van der Waals surface area contributed by atoms with Crippen LogP contribution in [-0.4, -0.2) is 196 Å². The van der Waals surface area contributed by atoms with Gasteiger partial charge in [0.15, 0.2) is 12.4 Å². The molecule has 0 aromatic heterocycles. The van der Waals surface area contributed by atoms with Gasteiger partial charge < -0.3 is 85.0 Å². The Kier molecular flexibility index (Phi) is 14.4. The number of hydrogen-bond donors (Lipinski definition) is 12. The van der Waals surface area contributed by atoms with Crippen LogP contribution in [0.15, 0.2) is 0 Å². The number of esters is 3. The first-order valence-corrected chi connectivity index (χ1v) is 13.1. The van der Waals surface area contributed by atoms with Gasteiger partial charge in [-0.1, -0.05) is 0 Å². The lowest BCUT2D eigenvalue weighted by molar-refractivity contribution is -0.764. The van der Waals surface area contributed by atoms with Crippen LogP contribution in [0.1, 0.15) is 6.42 Å². The number of aliphatic hydroxyl groups is 12. The van der Waals surface area contributed by atoms with Gasteiger partial charge in [0.1, 0.15) is 74.3 Å². The van der Waals surface area contributed by atoms with Gasteiger partial charge in [0, 0.05) is 0 Å². The first kappa shape index (κ1) is 39.4. The highest BCUT2D eigenvalue weighted by Crippen LogP contribution is 2.36. The fourth-order valence-corrected chi connectivity index (χ4v) is 4.16. The molecule has 2 aliphatic rings. The molecule has 0 aromatic rings. The summed E-state index contributed by atoms with van der Waals surface area (Å²) in [5, 5.41) is 126. The molecule has 12 N–H and O–H groups in total. The standard InChI is InChI=1S/C22H35NO23/c24-2-6(27)11(29)14(32)16(34)20(38)43-19(37)7(46-23(39)40)1-10(28)41-4-9-12(30)15(33)17(35)21(42-9)45-22(5-26)18(36)13(31)8(3-25)44-22/h6-9,11-18,21,24-27,29-36H,1-5H2/t6-,7?,8-,9-,11-,12-,13-,14+,15+,16-,17-,18+,21-,22+/m1/s1. The summed E-state index contributed by atoms with van der Waals surface area (Å²) < 4.78 is 24.6. The summed E-state index contributed by atoms with van der Waals surface area (Å²) in [6, 6.07) is 0. The highest BCUT2D eigenvalue weighted by Gasteiger charge is 2.58. The molecule has 2 saturated heterocycles. The van der Waals surface area contributed by atoms with Gasteiger partial charge in [-0.3, -0.25) is 9.63 Å². The molecule has 0 saturated carbocycles. The molecular formula is C22H35NO23. The second kappa shape index (κ2) is 16.9. The number of ether oxygens (including phenoxy) is 5. The molecule has 266 valence electrons. The van der Waals surface area contributed by atoms with E-state index >= 15 is 0 Å². The smallest absolute Gasteiger partial charge is 0.345 e. The van der Waals surface area contributed by atoms with Gasteiger partial charge in [-0.25, -0.2) is 9.59 Å². The summed E-state index contributed by atoms with van der Waals surface area (Å²) in [5.41, 5.74) is 0. The molecule has 24 nitrogen and oxygen atoms in total. The van der Waals surface area contributed by atoms with Gasteiger partial charge >= 0.3 is 17.9 Å². The van der Waals surface area contributed by atoms with Crippen molar-refractivity contribution < 1.29 is 109 Å². The van der Waals surface area contributed by atoms with E-state index in [0.717, 1.165) is 0 Å². The zero-order valence-corrected chi connectivity index (χ0v) is 23.3. The van der Waals surface area contributed by atoms with E-state index in [-0.39, 0.29) is 0 Å². The predicted molar refractivity (Wildman–Crippen MR) is 131 cm³/mol. The number of nitrogens with zero attached hydrogens (tertiary/aromatic N) is 1. The minimum atomic E-state index is -2.75. The van der Waals surface area contributed by atoms with Crippen molar-refractivity contribution in [3.05, 3.63) is 10.1 Å². The lowest BCUT2D eigenvalue weighted by Crippen LogP contribution is -2.62. The van der Waals surface area contributed by atoms with Crippen LogP contribution in [0.3, 0.4) is 0 Å². The van der Waals surface area contributed by atoms with Crippen molar-refractivity contribution in [2.45, 2.75) is 91.7 Å². The number of rotatable bonds is 16. The van der Waals surface area contributed by atoms with Crippen LogP contribution in [0.4, 0.5) is 0 Å². The number of hydrogen-bond acceptors (Lipinski definition) is 23. The van der Waals surface area contributed by atoms with Crippen molar-refractivity contribution in [1.82, 2.24) is 0 Å². The Morgan fingerprint density at radius 2 is 1.50 bits per heavy atom. The summed E-state index contributed by atoms with van der Waals surface area (Å²) in [6.07, 6.45) is -29.0. The van der Waals surface area contributed by atoms with E-state index in [4.69, 9.17) is 24.1 Å². The Labute approximate surface area is 256 Å². The second-order valence-electron chi connectivity index (χ2n) is 10.00. The molecule has 0 aromatic carbocycles. The van der Waals surface area contributed by atoms with Crippen molar-refractivity contribution in [1.29, 1.82) is 0 Å². The summed E-state index contributed by atoms with van der Waals surface area (Å²) in [7, 11) is 0. The Bertz CT molecular complexity index is 1050. The van der Waals surface area contributed by atoms with Crippen molar-refractivity contribution in [2.75, 3.05) is 26.4 Å². The Balaban J connectivity index is 2.06. The van der Waals surface area contributed by atoms with E-state index in [1.807, 2.05) is 0 Å². The summed E-state index contributed by atoms with van der Waals surface area (Å²) in [6.45, 7) is -4.20. The summed E-state index contributed by atoms with van der Waals surface area (Å²) in [4.78, 5) is 51.4. The van der Waals surface area contributed by atoms with Gasteiger partial charge in [0.25, 0.3) is 5.09 Å². The molecule has 14 atom stereocenters. The van der Waals surface area contributed by atoms with Crippen molar-refractivity contribution >= 4 is 17.9 Å². The van der Waals surface area contributed by atoms with Gasteiger partial charge in [0.2, 0.25) is 11.9 Å². The second-order valence-corrected chi connectivity index (χ2v) is 10.00. The minimum Gasteiger partial charge on any atom is -0.463 e. The highest BCUT2D eigenvalue weighted by molar-refractivity contribution is 5.92. The molecule has 0 spiro atoms. The van der Waals surface area contributed by atoms with E-state index in [1.54, 1.807) is 0 Å². The van der Waals surface area contributed by atoms with Gasteiger partial charge in [-0.2, -0.15) is 0 Å². The van der Waals surface area contributed by atoms with E-state index in [9.17, 15) is 80.7 Å². The molecule has 2 fully saturated rings. The fourth-order valence-electron chi connectivity index (χ4n) is 4.16. The highest BCUT2D eigenvalue weighted by atomic mass is 17.0. The average Bonchev–Trinajstić information content (AvgIpc) is 3.26. The lowest BCUT2D eigenvalue weighted by Gasteiger charge is -2.43. The molecule has 46 heavy (non-hydrogen) atoms. The molecule has 0 bridgehead atoms. The maximum atomic E-state index is 12.4. The van der Waals surface area contributed by atoms with E-state index < -0.39 is 141 Å². The van der Waals surface area contributed by atoms with Gasteiger partial charge in [-0.05, 0) is 0 Å². The topological polar surface area (TPSA) is 392 Å². The molecule has 0 amide bonds. The van der Waals surface area contributed by atoms with Crippen molar-refractivity contribution in [3.63, 3.8) is 0 Å². The van der Waals surface area contributed by atoms with Crippen LogP contribution in [-0.2, 0) is 42.9 Å². The van der Waals surface area contributed by atoms with Crippen LogP contribution >= 0.6 is 0 Å². The van der Waals surface area contributed by atoms with Crippen LogP contribution in [0.5, 0.6) is 0 Å². The van der Waals surface area contributed by atoms with Crippen molar-refractivity contribution in [3.8, 4) is 0 Å². The Hall–Kier alpha value is -2.79. The number of carbonyl (C=O) groups excluding carboxylic acids is 3. The molecule has 1 unspecified atom stereocenters. The maximum Gasteiger partial charge on any atom is 0.345 e. The van der Waals surface area contributed by atoms with Crippen LogP contribution in [0, 0.1) is 10.1 Å². The zero-order chi connectivity index (χ0) is 35.1. The fraction of sp³-hybridized carbons (Fsp3) is 0.864. The monoisotopic (exact) mass is 681 g/mol. The minimum absolute atomic E-state index is 0.847. The van der Waals surface area contributed by atoms with Crippen LogP contribution in [0.25, 0.3) is 0 Å². The largest absolute Gasteiger partial charge is 0.463 e. The SMILES string of the molecule is O=C(CC(O[N+](=O)[O-])C(=O)OC(=O)[C@H](O)[C@@H](O)[C@H](O)[C@H](O)CO)OC[C@H]1O[C@H](O[C@]2(CO)O[C@H](CO)[C@@H](O)[C@@H]2O)[C@H](O)[C@@H](O)[C@@H]1O. The quantitative estimate of drug-likeness (QED) is 0.0311. The lowest BCUT2D eigenvalue weighted by atomic mass is 9.99. The molecule has 24 heteroatoms. The molecule has 0 radical (unpaired) electrons. The van der Waals surface area contributed by atoms with Crippen molar-refractivity contribution in [2.24, 2.45) is 0 Å². The molecular weight excluding hydrogens is 646 g/mol. The van der Waals surface area contributed by atoms with Gasteiger partial charge in [-0.15, -0.1) is 10.1 Å². The molecule has 2 rings (SSSR count). The maximum absolute atomic E-state index is 12.4. The first-order valence-electron chi connectivity index (χ1n) is 13.1. The van der Waals surface area contributed by atoms with E-state index in [2.05, 4.69) is 9.57 Å². The molecule has 2 heterocycles. The predicted octanol–water partition coefficient (Wildman–Crippen LogP) is -9.37. The average molecular weight is 682 g/mol. The third-order valence-electron chi connectivity index (χ3n) is 6.82. The van der Waals surface area contributed by atoms with Crippen LogP contribution < -0.4 is 0 Å². The number of aliphatic hydroxyl groups excluding tert-OH is 12. The molecule has 2 aliphatic heterocycles. The summed E-state index contributed by atoms with van der Waals surface area (Å²) >= 11 is 0. The van der Waals surface area contributed by atoms with Crippen LogP contribution in [0.2, 0.25) is 0 Å². The third-order valence-corrected chi connectivity index (χ3v) is 6.82. The third kappa shape index (κ3) is 9.18. The molecule has 0 aliphatic carbocycles. The van der Waals surface area contributed by atoms with Gasteiger partial charge in [0.05, 0.1) is 19.6 Å². The number of carbonyl (C=O) groups is 3. The zero-order valence-electron chi connectivity index (χ0n) is 23.3. The first-order chi connectivity index (χ1) is 21.4. The Morgan fingerprint density at radius 3 is 2.02 bits per heavy atom.